The first kappa shape index (κ1) is 31.7. The van der Waals surface area contributed by atoms with Crippen molar-refractivity contribution in [2.75, 3.05) is 13.2 Å². The molecule has 3 aromatic rings. The molecule has 3 heterocycles. The van der Waals surface area contributed by atoms with E-state index in [-0.39, 0.29) is 16.9 Å². The summed E-state index contributed by atoms with van der Waals surface area (Å²) in [5.74, 6) is -3.35. The second-order valence-electron chi connectivity index (χ2n) is 10.2. The third-order valence-corrected chi connectivity index (χ3v) is 7.33. The Morgan fingerprint density at radius 1 is 0.659 bits per heavy atom. The van der Waals surface area contributed by atoms with E-state index in [0.29, 0.717) is 0 Å². The molecular weight excluding hydrogens is 596 g/mol. The molecule has 0 amide bonds. The molecule has 17 nitrogen and oxygen atoms in total. The summed E-state index contributed by atoms with van der Waals surface area (Å²) in [5, 5.41) is 110. The lowest BCUT2D eigenvalue weighted by atomic mass is 9.99. The number of aromatic hydroxyl groups is 3. The first-order valence-electron chi connectivity index (χ1n) is 13.2. The number of hydrogen-bond acceptors (Lipinski definition) is 17. The van der Waals surface area contributed by atoms with Gasteiger partial charge in [-0.2, -0.15) is 0 Å². The smallest absolute Gasteiger partial charge is 0.239 e. The van der Waals surface area contributed by atoms with Crippen LogP contribution in [0.1, 0.15) is 0 Å². The fraction of sp³-hybridized carbons (Fsp3) is 0.444. The fourth-order valence-electron chi connectivity index (χ4n) is 4.87. The van der Waals surface area contributed by atoms with Gasteiger partial charge in [0.25, 0.3) is 0 Å². The van der Waals surface area contributed by atoms with Crippen molar-refractivity contribution in [2.24, 2.45) is 0 Å². The molecule has 2 aliphatic heterocycles. The van der Waals surface area contributed by atoms with Crippen molar-refractivity contribution in [3.63, 3.8) is 0 Å². The van der Waals surface area contributed by atoms with Gasteiger partial charge >= 0.3 is 0 Å². The number of ether oxygens (including phenoxy) is 4. The summed E-state index contributed by atoms with van der Waals surface area (Å²) in [7, 11) is 0. The Kier molecular flexibility index (Phi) is 8.87. The highest BCUT2D eigenvalue weighted by Gasteiger charge is 2.46. The van der Waals surface area contributed by atoms with Crippen LogP contribution >= 0.6 is 0 Å². The topological polar surface area (TPSA) is 290 Å². The number of fused-ring (bicyclic) bond motifs is 1. The van der Waals surface area contributed by atoms with Crippen LogP contribution < -0.4 is 14.9 Å². The van der Waals surface area contributed by atoms with Gasteiger partial charge in [0.1, 0.15) is 71.3 Å². The Morgan fingerprint density at radius 3 is 1.77 bits per heavy atom. The summed E-state index contributed by atoms with van der Waals surface area (Å²) in [6.07, 6.45) is -17.0. The average Bonchev–Trinajstić information content (AvgIpc) is 2.99. The zero-order valence-electron chi connectivity index (χ0n) is 22.4. The van der Waals surface area contributed by atoms with Gasteiger partial charge in [-0.25, -0.2) is 0 Å². The average molecular weight is 627 g/mol. The molecule has 0 unspecified atom stereocenters. The number of phenolic OH excluding ortho intramolecular Hbond substituents is 3. The van der Waals surface area contributed by atoms with Gasteiger partial charge < -0.3 is 79.5 Å². The van der Waals surface area contributed by atoms with E-state index >= 15 is 0 Å². The van der Waals surface area contributed by atoms with Crippen molar-refractivity contribution >= 4 is 11.0 Å². The molecule has 1 aromatic heterocycles. The quantitative estimate of drug-likeness (QED) is 0.116. The number of hydrogen-bond donors (Lipinski definition) is 11. The maximum absolute atomic E-state index is 13.7. The van der Waals surface area contributed by atoms with E-state index in [4.69, 9.17) is 23.4 Å². The molecule has 0 aliphatic carbocycles. The van der Waals surface area contributed by atoms with E-state index in [1.807, 2.05) is 0 Å². The van der Waals surface area contributed by atoms with Gasteiger partial charge in [0.15, 0.2) is 17.3 Å². The fourth-order valence-corrected chi connectivity index (χ4v) is 4.87. The van der Waals surface area contributed by atoms with Gasteiger partial charge in [0.05, 0.1) is 13.2 Å². The second kappa shape index (κ2) is 12.3. The molecule has 2 fully saturated rings. The molecule has 17 heteroatoms. The van der Waals surface area contributed by atoms with E-state index < -0.39 is 114 Å². The molecule has 0 spiro atoms. The molecular formula is C27H30O17. The molecule has 2 aromatic carbocycles. The van der Waals surface area contributed by atoms with E-state index in [2.05, 4.69) is 0 Å². The largest absolute Gasteiger partial charge is 0.507 e. The molecule has 0 saturated carbocycles. The van der Waals surface area contributed by atoms with E-state index in [0.717, 1.165) is 24.3 Å². The van der Waals surface area contributed by atoms with Crippen molar-refractivity contribution in [2.45, 2.75) is 61.4 Å². The van der Waals surface area contributed by atoms with Gasteiger partial charge in [-0.3, -0.25) is 4.79 Å². The van der Waals surface area contributed by atoms with Crippen molar-refractivity contribution in [1.29, 1.82) is 0 Å². The minimum absolute atomic E-state index is 0.0707. The Morgan fingerprint density at radius 2 is 1.23 bits per heavy atom. The molecule has 11 N–H and O–H groups in total. The molecule has 5 rings (SSSR count). The van der Waals surface area contributed by atoms with Crippen LogP contribution in [-0.4, -0.2) is 131 Å². The predicted molar refractivity (Wildman–Crippen MR) is 142 cm³/mol. The summed E-state index contributed by atoms with van der Waals surface area (Å²) in [6, 6.07) is 5.27. The number of benzene rings is 2. The van der Waals surface area contributed by atoms with Crippen LogP contribution in [0.25, 0.3) is 22.3 Å². The molecule has 44 heavy (non-hydrogen) atoms. The second-order valence-corrected chi connectivity index (χ2v) is 10.2. The molecule has 2 aliphatic rings. The standard InChI is InChI=1S/C27H30O17/c28-6-14-17(33)20(36)22(38)26(42-14)40-9-4-12(32)16-13(5-9)41-24(8-1-2-10(30)11(31)3-8)25(19(16)35)44-27-23(39)21(37)18(34)15(7-29)43-27/h1-5,14-15,17-18,20-23,26-34,36-39H,6-7H2/t14-,15-,17+,18-,20+,21+,22-,23-,26-,27+/m1/s1. The zero-order valence-corrected chi connectivity index (χ0v) is 22.4. The summed E-state index contributed by atoms with van der Waals surface area (Å²) in [6.45, 7) is -1.53. The van der Waals surface area contributed by atoms with Crippen LogP contribution in [0.2, 0.25) is 0 Å². The lowest BCUT2D eigenvalue weighted by Gasteiger charge is -2.39. The van der Waals surface area contributed by atoms with Crippen molar-refractivity contribution < 1.29 is 79.5 Å². The van der Waals surface area contributed by atoms with Gasteiger partial charge in [0, 0.05) is 17.7 Å². The lowest BCUT2D eigenvalue weighted by molar-refractivity contribution is -0.277. The molecule has 2 saturated heterocycles. The third kappa shape index (κ3) is 5.61. The third-order valence-electron chi connectivity index (χ3n) is 7.33. The molecule has 240 valence electrons. The Bertz CT molecular complexity index is 1550. The Labute approximate surface area is 246 Å². The predicted octanol–water partition coefficient (Wildman–Crippen LogP) is -3.07. The van der Waals surface area contributed by atoms with Gasteiger partial charge in [-0.15, -0.1) is 0 Å². The van der Waals surface area contributed by atoms with Crippen molar-refractivity contribution in [1.82, 2.24) is 0 Å². The van der Waals surface area contributed by atoms with Crippen molar-refractivity contribution in [3.8, 4) is 40.1 Å². The first-order valence-corrected chi connectivity index (χ1v) is 13.2. The number of aliphatic hydroxyl groups is 8. The van der Waals surface area contributed by atoms with E-state index in [1.165, 1.54) is 6.07 Å². The summed E-state index contributed by atoms with van der Waals surface area (Å²) < 4.78 is 27.6. The normalized spacial score (nSPS) is 32.5. The Balaban J connectivity index is 1.60. The molecule has 0 radical (unpaired) electrons. The highest BCUT2D eigenvalue weighted by molar-refractivity contribution is 5.88. The summed E-state index contributed by atoms with van der Waals surface area (Å²) in [4.78, 5) is 13.7. The summed E-state index contributed by atoms with van der Waals surface area (Å²) in [5.41, 5.74) is -1.50. The van der Waals surface area contributed by atoms with Gasteiger partial charge in [-0.1, -0.05) is 0 Å². The molecule has 0 bridgehead atoms. The number of rotatable bonds is 7. The minimum Gasteiger partial charge on any atom is -0.507 e. The lowest BCUT2D eigenvalue weighted by Crippen LogP contribution is -2.60. The highest BCUT2D eigenvalue weighted by Crippen LogP contribution is 2.40. The van der Waals surface area contributed by atoms with Gasteiger partial charge in [-0.05, 0) is 18.2 Å². The van der Waals surface area contributed by atoms with Gasteiger partial charge in [0.2, 0.25) is 23.8 Å². The van der Waals surface area contributed by atoms with Crippen LogP contribution in [0.5, 0.6) is 28.7 Å². The Hall–Kier alpha value is -3.75. The van der Waals surface area contributed by atoms with Crippen LogP contribution in [0.4, 0.5) is 0 Å². The summed E-state index contributed by atoms with van der Waals surface area (Å²) >= 11 is 0. The van der Waals surface area contributed by atoms with Crippen LogP contribution in [0.15, 0.2) is 39.5 Å². The van der Waals surface area contributed by atoms with Crippen LogP contribution in [-0.2, 0) is 9.47 Å². The zero-order chi connectivity index (χ0) is 32.0. The minimum atomic E-state index is -1.94. The van der Waals surface area contributed by atoms with Crippen molar-refractivity contribution in [3.05, 3.63) is 40.6 Å². The van der Waals surface area contributed by atoms with Crippen LogP contribution in [0, 0.1) is 0 Å². The first-order chi connectivity index (χ1) is 20.9. The van der Waals surface area contributed by atoms with Crippen LogP contribution in [0.3, 0.4) is 0 Å². The maximum Gasteiger partial charge on any atom is 0.239 e. The number of phenols is 3. The monoisotopic (exact) mass is 626 g/mol. The molecule has 10 atom stereocenters. The number of aliphatic hydroxyl groups excluding tert-OH is 8. The van der Waals surface area contributed by atoms with E-state index in [9.17, 15) is 61.0 Å². The SMILES string of the molecule is O=c1c(O[C@@H]2O[C@H](CO)[C@@H](O)[C@H](O)[C@H]2O)c(-c2ccc(O)c(O)c2)oc2cc(O[C@@H]3O[C@H](CO)[C@H](O)[C@H](O)[C@H]3O)cc(O)c12. The van der Waals surface area contributed by atoms with E-state index in [1.54, 1.807) is 0 Å². The maximum atomic E-state index is 13.7. The highest BCUT2D eigenvalue weighted by atomic mass is 16.7.